The van der Waals surface area contributed by atoms with Crippen molar-refractivity contribution >= 4 is 22.8 Å². The van der Waals surface area contributed by atoms with Crippen LogP contribution in [0.2, 0.25) is 0 Å². The molecule has 0 saturated heterocycles. The summed E-state index contributed by atoms with van der Waals surface area (Å²) < 4.78 is 10.6. The summed E-state index contributed by atoms with van der Waals surface area (Å²) in [6.45, 7) is 5.95. The molecule has 0 saturated carbocycles. The first-order valence-corrected chi connectivity index (χ1v) is 14.3. The summed E-state index contributed by atoms with van der Waals surface area (Å²) in [6.07, 6.45) is 2.88. The smallest absolute Gasteiger partial charge is 0.203 e. The molecule has 1 aromatic heterocycles. The zero-order valence-corrected chi connectivity index (χ0v) is 23.2. The van der Waals surface area contributed by atoms with Crippen LogP contribution in [0, 0.1) is 19.3 Å². The maximum Gasteiger partial charge on any atom is 0.203 e. The van der Waals surface area contributed by atoms with Crippen LogP contribution in [0.25, 0.3) is 11.0 Å². The molecule has 5 aromatic rings. The minimum Gasteiger partial charge on any atom is -0.375 e. The van der Waals surface area contributed by atoms with Gasteiger partial charge in [-0.1, -0.05) is 83.9 Å². The molecule has 4 nitrogen and oxygen atoms in total. The molecule has 5 rings (SSSR count). The highest BCUT2D eigenvalue weighted by Crippen LogP contribution is 2.23. The molecule has 1 unspecified atom stereocenters. The van der Waals surface area contributed by atoms with Crippen molar-refractivity contribution < 1.29 is 4.74 Å². The fourth-order valence-corrected chi connectivity index (χ4v) is 5.32. The lowest BCUT2D eigenvalue weighted by Gasteiger charge is -2.20. The second-order valence-corrected chi connectivity index (χ2v) is 10.8. The number of nitrogens with one attached hydrogen (secondary N) is 1. The first-order valence-electron chi connectivity index (χ1n) is 13.1. The number of hydrogen-bond donors (Lipinski definition) is 1. The van der Waals surface area contributed by atoms with E-state index in [0.29, 0.717) is 25.4 Å². The number of ether oxygens (including phenoxy) is 1. The van der Waals surface area contributed by atoms with E-state index in [1.54, 1.807) is 11.8 Å². The van der Waals surface area contributed by atoms with Crippen LogP contribution in [-0.2, 0) is 24.3 Å². The number of para-hydroxylation sites is 2. The molecule has 0 amide bonds. The highest BCUT2D eigenvalue weighted by molar-refractivity contribution is 7.98. The van der Waals surface area contributed by atoms with Crippen molar-refractivity contribution in [1.29, 1.82) is 5.41 Å². The Morgan fingerprint density at radius 3 is 1.95 bits per heavy atom. The zero-order valence-electron chi connectivity index (χ0n) is 22.4. The maximum atomic E-state index is 9.31. The lowest BCUT2D eigenvalue weighted by atomic mass is 10.0. The Hall–Kier alpha value is -3.54. The Kier molecular flexibility index (Phi) is 8.16. The summed E-state index contributed by atoms with van der Waals surface area (Å²) in [5.41, 5.74) is 8.72. The minimum absolute atomic E-state index is 0.0140. The van der Waals surface area contributed by atoms with E-state index >= 15 is 0 Å². The number of aromatic nitrogens is 2. The van der Waals surface area contributed by atoms with Crippen LogP contribution in [0.4, 0.5) is 0 Å². The standard InChI is InChI=1S/C33H35N3OS/c1-24-8-12-26(13-9-24)20-29(23-37-22-28-16-18-30(38-3)19-17-28)36-32-7-5-4-6-31(32)35(33(36)34)21-27-14-10-25(2)11-15-27/h4-19,29,34H,20-23H2,1-3H3. The van der Waals surface area contributed by atoms with Crippen molar-refractivity contribution in [1.82, 2.24) is 9.13 Å². The zero-order chi connectivity index (χ0) is 26.5. The van der Waals surface area contributed by atoms with Gasteiger partial charge in [-0.2, -0.15) is 0 Å². The molecule has 38 heavy (non-hydrogen) atoms. The van der Waals surface area contributed by atoms with E-state index in [2.05, 4.69) is 126 Å². The number of fused-ring (bicyclic) bond motifs is 1. The normalized spacial score (nSPS) is 12.2. The van der Waals surface area contributed by atoms with Crippen molar-refractivity contribution in [2.75, 3.05) is 12.9 Å². The molecule has 4 aromatic carbocycles. The predicted octanol–water partition coefficient (Wildman–Crippen LogP) is 7.31. The number of benzene rings is 4. The van der Waals surface area contributed by atoms with E-state index in [1.165, 1.54) is 27.1 Å². The summed E-state index contributed by atoms with van der Waals surface area (Å²) in [4.78, 5) is 1.25. The van der Waals surface area contributed by atoms with Gasteiger partial charge in [0.1, 0.15) is 0 Å². The average molecular weight is 522 g/mol. The van der Waals surface area contributed by atoms with Gasteiger partial charge in [-0.05, 0) is 67.5 Å². The van der Waals surface area contributed by atoms with Crippen molar-refractivity contribution in [3.8, 4) is 0 Å². The van der Waals surface area contributed by atoms with Crippen LogP contribution in [0.3, 0.4) is 0 Å². The summed E-state index contributed by atoms with van der Waals surface area (Å²) in [5.74, 6) is 0. The molecule has 0 fully saturated rings. The molecule has 0 aliphatic rings. The van der Waals surface area contributed by atoms with Gasteiger partial charge >= 0.3 is 0 Å². The van der Waals surface area contributed by atoms with Crippen LogP contribution in [0.5, 0.6) is 0 Å². The van der Waals surface area contributed by atoms with Gasteiger partial charge in [0, 0.05) is 4.90 Å². The second kappa shape index (κ2) is 11.9. The summed E-state index contributed by atoms with van der Waals surface area (Å²) in [6, 6.07) is 34.2. The van der Waals surface area contributed by atoms with E-state index in [0.717, 1.165) is 23.0 Å². The molecule has 0 spiro atoms. The van der Waals surface area contributed by atoms with Crippen molar-refractivity contribution in [3.05, 3.63) is 130 Å². The Balaban J connectivity index is 1.48. The van der Waals surface area contributed by atoms with Crippen LogP contribution in [0.1, 0.15) is 33.9 Å². The highest BCUT2D eigenvalue weighted by Gasteiger charge is 2.20. The molecule has 1 heterocycles. The molecular weight excluding hydrogens is 486 g/mol. The second-order valence-electron chi connectivity index (χ2n) is 9.96. The van der Waals surface area contributed by atoms with Gasteiger partial charge in [0.2, 0.25) is 5.62 Å². The number of imidazole rings is 1. The maximum absolute atomic E-state index is 9.31. The first-order chi connectivity index (χ1) is 18.5. The summed E-state index contributed by atoms with van der Waals surface area (Å²) in [5, 5.41) is 9.31. The molecule has 5 heteroatoms. The molecular formula is C33H35N3OS. The fraction of sp³-hybridized carbons (Fsp3) is 0.242. The third kappa shape index (κ3) is 5.95. The van der Waals surface area contributed by atoms with E-state index < -0.39 is 0 Å². The van der Waals surface area contributed by atoms with Crippen LogP contribution in [-0.4, -0.2) is 22.0 Å². The van der Waals surface area contributed by atoms with Gasteiger partial charge in [-0.3, -0.25) is 5.41 Å². The number of hydrogen-bond acceptors (Lipinski definition) is 3. The van der Waals surface area contributed by atoms with Crippen LogP contribution in [0.15, 0.2) is 102 Å². The highest BCUT2D eigenvalue weighted by atomic mass is 32.2. The third-order valence-electron chi connectivity index (χ3n) is 7.07. The van der Waals surface area contributed by atoms with E-state index in [4.69, 9.17) is 4.74 Å². The van der Waals surface area contributed by atoms with E-state index in [-0.39, 0.29) is 6.04 Å². The Bertz CT molecular complexity index is 1550. The number of aryl methyl sites for hydroxylation is 2. The Morgan fingerprint density at radius 1 is 0.737 bits per heavy atom. The van der Waals surface area contributed by atoms with Gasteiger partial charge in [0.05, 0.1) is 36.8 Å². The molecule has 194 valence electrons. The Labute approximate surface area is 229 Å². The topological polar surface area (TPSA) is 42.9 Å². The van der Waals surface area contributed by atoms with Gasteiger partial charge in [-0.15, -0.1) is 11.8 Å². The predicted molar refractivity (Wildman–Crippen MR) is 158 cm³/mol. The van der Waals surface area contributed by atoms with E-state index in [9.17, 15) is 5.41 Å². The van der Waals surface area contributed by atoms with Crippen LogP contribution >= 0.6 is 11.8 Å². The number of rotatable bonds is 10. The third-order valence-corrected chi connectivity index (χ3v) is 7.82. The van der Waals surface area contributed by atoms with Crippen LogP contribution < -0.4 is 5.62 Å². The fourth-order valence-electron chi connectivity index (χ4n) is 4.92. The molecule has 0 radical (unpaired) electrons. The summed E-state index contributed by atoms with van der Waals surface area (Å²) >= 11 is 1.74. The first kappa shape index (κ1) is 26.1. The van der Waals surface area contributed by atoms with Crippen molar-refractivity contribution in [2.24, 2.45) is 0 Å². The molecule has 1 N–H and O–H groups in total. The lowest BCUT2D eigenvalue weighted by molar-refractivity contribution is 0.0893. The largest absolute Gasteiger partial charge is 0.375 e. The molecule has 0 bridgehead atoms. The number of thioether (sulfide) groups is 1. The van der Waals surface area contributed by atoms with Crippen molar-refractivity contribution in [2.45, 2.75) is 44.4 Å². The number of nitrogens with zero attached hydrogens (tertiary/aromatic N) is 2. The van der Waals surface area contributed by atoms with Crippen molar-refractivity contribution in [3.63, 3.8) is 0 Å². The SMILES string of the molecule is CSc1ccc(COCC(Cc2ccc(C)cc2)n2c(=N)n(Cc3ccc(C)cc3)c3ccccc32)cc1. The lowest BCUT2D eigenvalue weighted by Crippen LogP contribution is -2.31. The van der Waals surface area contributed by atoms with Gasteiger partial charge < -0.3 is 13.9 Å². The quantitative estimate of drug-likeness (QED) is 0.196. The molecule has 0 aliphatic heterocycles. The van der Waals surface area contributed by atoms with Gasteiger partial charge in [0.25, 0.3) is 0 Å². The molecule has 1 atom stereocenters. The van der Waals surface area contributed by atoms with E-state index in [1.807, 2.05) is 0 Å². The molecule has 0 aliphatic carbocycles. The average Bonchev–Trinajstić information content (AvgIpc) is 3.21. The van der Waals surface area contributed by atoms with Gasteiger partial charge in [-0.25, -0.2) is 0 Å². The minimum atomic E-state index is -0.0140. The monoisotopic (exact) mass is 521 g/mol. The summed E-state index contributed by atoms with van der Waals surface area (Å²) in [7, 11) is 0. The van der Waals surface area contributed by atoms with Gasteiger partial charge in [0.15, 0.2) is 0 Å². The Morgan fingerprint density at radius 2 is 1.32 bits per heavy atom.